The number of nitrogens with zero attached hydrogens (tertiary/aromatic N) is 1. The van der Waals surface area contributed by atoms with Crippen molar-refractivity contribution in [1.82, 2.24) is 4.90 Å². The van der Waals surface area contributed by atoms with Gasteiger partial charge in [-0.25, -0.2) is 0 Å². The fourth-order valence-corrected chi connectivity index (χ4v) is 3.61. The van der Waals surface area contributed by atoms with Crippen LogP contribution in [-0.4, -0.2) is 55.0 Å². The highest BCUT2D eigenvalue weighted by atomic mass is 16.5. The molecule has 0 bridgehead atoms. The highest BCUT2D eigenvalue weighted by molar-refractivity contribution is 6.15. The van der Waals surface area contributed by atoms with Gasteiger partial charge in [-0.05, 0) is 43.7 Å². The number of quaternary nitrogens is 1. The number of hydrogen-bond donors (Lipinski definition) is 2. The van der Waals surface area contributed by atoms with Crippen molar-refractivity contribution in [2.75, 3.05) is 27.2 Å². The zero-order valence-electron chi connectivity index (χ0n) is 17.8. The second-order valence-electron chi connectivity index (χ2n) is 8.02. The molecule has 0 fully saturated rings. The Morgan fingerprint density at radius 3 is 2.50 bits per heavy atom. The molecule has 1 aliphatic rings. The van der Waals surface area contributed by atoms with E-state index in [4.69, 9.17) is 9.15 Å². The lowest BCUT2D eigenvalue weighted by molar-refractivity contribution is -0.858. The molecule has 1 amide bonds. The van der Waals surface area contributed by atoms with E-state index < -0.39 is 23.5 Å². The number of ether oxygens (including phenoxy) is 1. The van der Waals surface area contributed by atoms with Gasteiger partial charge < -0.3 is 24.1 Å². The molecule has 7 heteroatoms. The van der Waals surface area contributed by atoms with Crippen LogP contribution in [0.1, 0.15) is 42.4 Å². The smallest absolute Gasteiger partial charge is 0.290 e. The molecule has 3 rings (SSSR count). The number of ketones is 1. The average molecular weight is 413 g/mol. The van der Waals surface area contributed by atoms with Gasteiger partial charge in [-0.3, -0.25) is 9.59 Å². The van der Waals surface area contributed by atoms with Crippen molar-refractivity contribution < 1.29 is 28.7 Å². The second-order valence-corrected chi connectivity index (χ2v) is 8.02. The minimum Gasteiger partial charge on any atom is -0.503 e. The Labute approximate surface area is 176 Å². The molecule has 2 N–H and O–H groups in total. The molecule has 1 aliphatic heterocycles. The largest absolute Gasteiger partial charge is 0.503 e. The van der Waals surface area contributed by atoms with Crippen LogP contribution >= 0.6 is 0 Å². The maximum atomic E-state index is 13.1. The van der Waals surface area contributed by atoms with E-state index in [0.717, 1.165) is 18.5 Å². The van der Waals surface area contributed by atoms with E-state index in [2.05, 4.69) is 0 Å². The third-order valence-corrected chi connectivity index (χ3v) is 4.94. The predicted octanol–water partition coefficient (Wildman–Crippen LogP) is 2.18. The molecule has 1 atom stereocenters. The summed E-state index contributed by atoms with van der Waals surface area (Å²) in [5.41, 5.74) is 0.778. The summed E-state index contributed by atoms with van der Waals surface area (Å²) >= 11 is 0. The molecule has 7 nitrogen and oxygen atoms in total. The minimum atomic E-state index is -0.680. The lowest BCUT2D eigenvalue weighted by Crippen LogP contribution is -3.05. The van der Waals surface area contributed by atoms with E-state index in [1.807, 2.05) is 52.2 Å². The Kier molecular flexibility index (Phi) is 6.62. The Hall–Kier alpha value is -3.06. The van der Waals surface area contributed by atoms with Gasteiger partial charge in [0, 0.05) is 13.0 Å². The number of nitrogens with one attached hydrogen (secondary N) is 1. The first-order chi connectivity index (χ1) is 14.3. The molecule has 2 heterocycles. The van der Waals surface area contributed by atoms with Gasteiger partial charge in [0.05, 0.1) is 44.6 Å². The van der Waals surface area contributed by atoms with Crippen LogP contribution < -0.4 is 9.64 Å². The number of aliphatic hydroxyl groups is 1. The number of benzene rings is 1. The summed E-state index contributed by atoms with van der Waals surface area (Å²) in [6.07, 6.45) is 2.18. The normalized spacial score (nSPS) is 16.8. The zero-order chi connectivity index (χ0) is 21.8. The monoisotopic (exact) mass is 413 g/mol. The number of carbonyl (C=O) groups is 2. The van der Waals surface area contributed by atoms with Crippen LogP contribution in [0.25, 0.3) is 0 Å². The van der Waals surface area contributed by atoms with Crippen molar-refractivity contribution in [2.24, 2.45) is 0 Å². The number of amides is 1. The zero-order valence-corrected chi connectivity index (χ0v) is 17.8. The molecule has 1 aromatic heterocycles. The number of Topliss-reactive ketones (excluding diaryl/α,β-unsaturated/α-hetero) is 1. The van der Waals surface area contributed by atoms with Crippen molar-refractivity contribution in [3.05, 3.63) is 65.3 Å². The van der Waals surface area contributed by atoms with Crippen molar-refractivity contribution in [3.63, 3.8) is 0 Å². The molecule has 0 saturated carbocycles. The van der Waals surface area contributed by atoms with Crippen LogP contribution in [0.15, 0.2) is 58.4 Å². The molecule has 0 aliphatic carbocycles. The summed E-state index contributed by atoms with van der Waals surface area (Å²) in [7, 11) is 4.08. The first-order valence-electron chi connectivity index (χ1n) is 10.2. The van der Waals surface area contributed by atoms with Crippen molar-refractivity contribution in [3.8, 4) is 5.75 Å². The number of rotatable bonds is 9. The maximum absolute atomic E-state index is 13.1. The Morgan fingerprint density at radius 2 is 1.93 bits per heavy atom. The Balaban J connectivity index is 1.96. The summed E-state index contributed by atoms with van der Waals surface area (Å²) in [6, 6.07) is 9.73. The quantitative estimate of drug-likeness (QED) is 0.616. The second kappa shape index (κ2) is 9.17. The Morgan fingerprint density at radius 1 is 1.23 bits per heavy atom. The molecular formula is C23H29N2O5+. The van der Waals surface area contributed by atoms with Crippen LogP contribution in [0, 0.1) is 0 Å². The number of furan rings is 1. The molecule has 160 valence electrons. The SMILES string of the molecule is CC(C)Oc1ccc([C@H]2C(C(=O)c3ccco3)=C(O)C(=O)N2CCC[NH+](C)C)cc1. The average Bonchev–Trinajstić information content (AvgIpc) is 3.30. The van der Waals surface area contributed by atoms with E-state index in [9.17, 15) is 14.7 Å². The highest BCUT2D eigenvalue weighted by Gasteiger charge is 2.44. The molecule has 0 saturated heterocycles. The summed E-state index contributed by atoms with van der Waals surface area (Å²) in [5, 5.41) is 10.6. The number of carbonyl (C=O) groups excluding carboxylic acids is 2. The maximum Gasteiger partial charge on any atom is 0.290 e. The van der Waals surface area contributed by atoms with E-state index in [-0.39, 0.29) is 17.4 Å². The lowest BCUT2D eigenvalue weighted by atomic mass is 9.95. The topological polar surface area (TPSA) is 84.4 Å². The van der Waals surface area contributed by atoms with Gasteiger partial charge in [0.25, 0.3) is 5.91 Å². The third-order valence-electron chi connectivity index (χ3n) is 4.94. The van der Waals surface area contributed by atoms with Gasteiger partial charge in [0.1, 0.15) is 5.75 Å². The summed E-state index contributed by atoms with van der Waals surface area (Å²) in [6.45, 7) is 5.18. The molecule has 2 aromatic rings. The van der Waals surface area contributed by atoms with E-state index >= 15 is 0 Å². The molecule has 30 heavy (non-hydrogen) atoms. The van der Waals surface area contributed by atoms with Crippen LogP contribution in [-0.2, 0) is 4.79 Å². The highest BCUT2D eigenvalue weighted by Crippen LogP contribution is 2.39. The summed E-state index contributed by atoms with van der Waals surface area (Å²) in [5.74, 6) is -0.743. The van der Waals surface area contributed by atoms with Crippen molar-refractivity contribution in [1.29, 1.82) is 0 Å². The van der Waals surface area contributed by atoms with E-state index in [0.29, 0.717) is 12.3 Å². The van der Waals surface area contributed by atoms with Gasteiger partial charge in [0.2, 0.25) is 5.78 Å². The molecule has 0 unspecified atom stereocenters. The summed E-state index contributed by atoms with van der Waals surface area (Å²) < 4.78 is 10.9. The first kappa shape index (κ1) is 21.6. The molecule has 0 radical (unpaired) electrons. The fourth-order valence-electron chi connectivity index (χ4n) is 3.61. The third kappa shape index (κ3) is 4.57. The Bertz CT molecular complexity index is 914. The van der Waals surface area contributed by atoms with Gasteiger partial charge in [-0.2, -0.15) is 0 Å². The molecule has 1 aromatic carbocycles. The first-order valence-corrected chi connectivity index (χ1v) is 10.2. The van der Waals surface area contributed by atoms with Crippen molar-refractivity contribution >= 4 is 11.7 Å². The van der Waals surface area contributed by atoms with Crippen LogP contribution in [0.2, 0.25) is 0 Å². The summed E-state index contributed by atoms with van der Waals surface area (Å²) in [4.78, 5) is 28.8. The molecule has 0 spiro atoms. The van der Waals surface area contributed by atoms with E-state index in [1.165, 1.54) is 17.2 Å². The predicted molar refractivity (Wildman–Crippen MR) is 112 cm³/mol. The van der Waals surface area contributed by atoms with Gasteiger partial charge in [-0.15, -0.1) is 0 Å². The van der Waals surface area contributed by atoms with Crippen LogP contribution in [0.3, 0.4) is 0 Å². The van der Waals surface area contributed by atoms with Gasteiger partial charge >= 0.3 is 0 Å². The van der Waals surface area contributed by atoms with Crippen molar-refractivity contribution in [2.45, 2.75) is 32.4 Å². The van der Waals surface area contributed by atoms with Crippen LogP contribution in [0.4, 0.5) is 0 Å². The molecular weight excluding hydrogens is 384 g/mol. The van der Waals surface area contributed by atoms with Gasteiger partial charge in [0.15, 0.2) is 11.5 Å². The van der Waals surface area contributed by atoms with E-state index in [1.54, 1.807) is 11.0 Å². The van der Waals surface area contributed by atoms with Gasteiger partial charge in [-0.1, -0.05) is 12.1 Å². The standard InChI is InChI=1S/C23H28N2O5/c1-15(2)30-17-10-8-16(9-11-17)20-19(21(26)18-7-5-14-29-18)22(27)23(28)25(20)13-6-12-24(3)4/h5,7-11,14-15,20,27H,6,12-13H2,1-4H3/p+1/t20-/m0/s1. The lowest BCUT2D eigenvalue weighted by Gasteiger charge is -2.27. The minimum absolute atomic E-state index is 0.0361. The fraction of sp³-hybridized carbons (Fsp3) is 0.391. The number of hydrogen-bond acceptors (Lipinski definition) is 5. The number of aliphatic hydroxyl groups excluding tert-OH is 1. The van der Waals surface area contributed by atoms with Crippen LogP contribution in [0.5, 0.6) is 5.75 Å².